The third-order valence-electron chi connectivity index (χ3n) is 6.17. The Labute approximate surface area is 204 Å². The van der Waals surface area contributed by atoms with Gasteiger partial charge in [-0.1, -0.05) is 20.8 Å². The molecule has 3 N–H and O–H groups in total. The van der Waals surface area contributed by atoms with Gasteiger partial charge in [-0.2, -0.15) is 5.10 Å². The Kier molecular flexibility index (Phi) is 7.30. The zero-order valence-electron chi connectivity index (χ0n) is 20.3. The molecule has 9 nitrogen and oxygen atoms in total. The van der Waals surface area contributed by atoms with Crippen molar-refractivity contribution < 1.29 is 32.2 Å². The standard InChI is InChI=1S/C23H30FN3O6SSi/c1-23(2,3)35(4,5)33-11-6-12-34(31,32)26-17-14-27-18(13-19(17)28)20(22(29)30)21(25-27)15-7-9-16(24)10-8-15/h7-10,13-14,26,28H,6,11-12H2,1-5H3,(H,29,30). The van der Waals surface area contributed by atoms with E-state index in [1.165, 1.54) is 35.0 Å². The molecule has 0 aliphatic heterocycles. The van der Waals surface area contributed by atoms with Crippen molar-refractivity contribution in [3.8, 4) is 17.0 Å². The summed E-state index contributed by atoms with van der Waals surface area (Å²) in [7, 11) is -5.82. The van der Waals surface area contributed by atoms with Crippen LogP contribution in [0.15, 0.2) is 36.5 Å². The molecule has 1 aromatic carbocycles. The molecule has 0 saturated carbocycles. The van der Waals surface area contributed by atoms with E-state index in [2.05, 4.69) is 43.7 Å². The second-order valence-electron chi connectivity index (χ2n) is 9.82. The molecule has 12 heteroatoms. The van der Waals surface area contributed by atoms with Crippen molar-refractivity contribution in [2.45, 2.75) is 45.3 Å². The highest BCUT2D eigenvalue weighted by Gasteiger charge is 2.37. The van der Waals surface area contributed by atoms with Gasteiger partial charge in [0.25, 0.3) is 0 Å². The highest BCUT2D eigenvalue weighted by molar-refractivity contribution is 7.92. The number of aromatic nitrogens is 2. The summed E-state index contributed by atoms with van der Waals surface area (Å²) in [6.07, 6.45) is 1.47. The van der Waals surface area contributed by atoms with Gasteiger partial charge in [-0.05, 0) is 48.8 Å². The number of halogens is 1. The number of hydrogen-bond donors (Lipinski definition) is 3. The second-order valence-corrected chi connectivity index (χ2v) is 16.5. The van der Waals surface area contributed by atoms with Gasteiger partial charge in [0.15, 0.2) is 8.32 Å². The Bertz CT molecular complexity index is 1350. The van der Waals surface area contributed by atoms with Gasteiger partial charge in [-0.15, -0.1) is 0 Å². The first kappa shape index (κ1) is 26.6. The first-order valence-corrected chi connectivity index (χ1v) is 15.6. The van der Waals surface area contributed by atoms with Crippen LogP contribution >= 0.6 is 0 Å². The van der Waals surface area contributed by atoms with Crippen molar-refractivity contribution in [1.29, 1.82) is 0 Å². The van der Waals surface area contributed by atoms with Crippen molar-refractivity contribution in [1.82, 2.24) is 9.61 Å². The van der Waals surface area contributed by atoms with Gasteiger partial charge in [0.2, 0.25) is 10.0 Å². The summed E-state index contributed by atoms with van der Waals surface area (Å²) in [4.78, 5) is 11.9. The molecule has 35 heavy (non-hydrogen) atoms. The number of sulfonamides is 1. The third-order valence-corrected chi connectivity index (χ3v) is 12.1. The monoisotopic (exact) mass is 523 g/mol. The highest BCUT2D eigenvalue weighted by Crippen LogP contribution is 2.36. The lowest BCUT2D eigenvalue weighted by Gasteiger charge is -2.36. The number of rotatable bonds is 9. The molecule has 0 unspecified atom stereocenters. The van der Waals surface area contributed by atoms with Gasteiger partial charge < -0.3 is 14.6 Å². The maximum Gasteiger partial charge on any atom is 0.340 e. The highest BCUT2D eigenvalue weighted by atomic mass is 32.2. The number of pyridine rings is 1. The summed E-state index contributed by atoms with van der Waals surface area (Å²) in [5.41, 5.74) is 0.118. The van der Waals surface area contributed by atoms with Gasteiger partial charge in [0, 0.05) is 18.2 Å². The lowest BCUT2D eigenvalue weighted by molar-refractivity contribution is 0.0699. The van der Waals surface area contributed by atoms with Crippen molar-refractivity contribution in [2.75, 3.05) is 17.1 Å². The minimum absolute atomic E-state index is 0.0106. The molecule has 0 amide bonds. The fourth-order valence-corrected chi connectivity index (χ4v) is 5.37. The molecule has 0 bridgehead atoms. The van der Waals surface area contributed by atoms with Crippen LogP contribution < -0.4 is 4.72 Å². The number of nitrogens with zero attached hydrogens (tertiary/aromatic N) is 2. The molecule has 0 saturated heterocycles. The number of carboxylic acids is 1. The Morgan fingerprint density at radius 1 is 1.23 bits per heavy atom. The fourth-order valence-electron chi connectivity index (χ4n) is 3.19. The van der Waals surface area contributed by atoms with Crippen LogP contribution in [0.5, 0.6) is 5.75 Å². The number of anilines is 1. The quantitative estimate of drug-likeness (QED) is 0.274. The van der Waals surface area contributed by atoms with Crippen LogP contribution in [0, 0.1) is 5.82 Å². The first-order valence-electron chi connectivity index (χ1n) is 11.0. The summed E-state index contributed by atoms with van der Waals surface area (Å²) in [5.74, 6) is -2.46. The zero-order chi connectivity index (χ0) is 26.2. The summed E-state index contributed by atoms with van der Waals surface area (Å²) >= 11 is 0. The number of benzene rings is 1. The molecule has 0 aliphatic carbocycles. The van der Waals surface area contributed by atoms with Gasteiger partial charge >= 0.3 is 5.97 Å². The van der Waals surface area contributed by atoms with E-state index in [9.17, 15) is 27.8 Å². The Morgan fingerprint density at radius 3 is 2.43 bits per heavy atom. The van der Waals surface area contributed by atoms with Crippen molar-refractivity contribution >= 4 is 35.5 Å². The maximum absolute atomic E-state index is 13.3. The number of aromatic hydroxyl groups is 1. The number of carboxylic acid groups (broad SMARTS) is 1. The summed E-state index contributed by atoms with van der Waals surface area (Å²) < 4.78 is 48.1. The van der Waals surface area contributed by atoms with E-state index in [0.717, 1.165) is 6.07 Å². The number of carbonyl (C=O) groups is 1. The number of nitrogens with one attached hydrogen (secondary N) is 1. The average Bonchev–Trinajstić information content (AvgIpc) is 3.09. The molecule has 0 atom stereocenters. The average molecular weight is 524 g/mol. The topological polar surface area (TPSA) is 130 Å². The maximum atomic E-state index is 13.3. The van der Waals surface area contributed by atoms with Crippen LogP contribution in [0.4, 0.5) is 10.1 Å². The molecule has 0 radical (unpaired) electrons. The molecule has 3 aromatic rings. The zero-order valence-corrected chi connectivity index (χ0v) is 22.1. The van der Waals surface area contributed by atoms with E-state index < -0.39 is 35.9 Å². The molecular weight excluding hydrogens is 493 g/mol. The van der Waals surface area contributed by atoms with Crippen LogP contribution in [-0.2, 0) is 14.4 Å². The van der Waals surface area contributed by atoms with Gasteiger partial charge in [-0.25, -0.2) is 22.1 Å². The minimum atomic E-state index is -3.83. The van der Waals surface area contributed by atoms with Crippen molar-refractivity contribution in [3.63, 3.8) is 0 Å². The first-order chi connectivity index (χ1) is 16.1. The molecule has 0 spiro atoms. The molecule has 2 heterocycles. The predicted octanol–water partition coefficient (Wildman–Crippen LogP) is 4.70. The predicted molar refractivity (Wildman–Crippen MR) is 134 cm³/mol. The molecule has 3 rings (SSSR count). The van der Waals surface area contributed by atoms with Gasteiger partial charge in [0.1, 0.15) is 28.5 Å². The van der Waals surface area contributed by atoms with Crippen LogP contribution in [-0.4, -0.2) is 54.9 Å². The van der Waals surface area contributed by atoms with E-state index in [-0.39, 0.29) is 39.7 Å². The van der Waals surface area contributed by atoms with Gasteiger partial charge in [0.05, 0.1) is 17.5 Å². The molecule has 0 fully saturated rings. The largest absolute Gasteiger partial charge is 0.506 e. The van der Waals surface area contributed by atoms with Gasteiger partial charge in [-0.3, -0.25) is 4.72 Å². The molecule has 2 aromatic heterocycles. The van der Waals surface area contributed by atoms with Crippen molar-refractivity contribution in [2.24, 2.45) is 0 Å². The number of aromatic carboxylic acids is 1. The Balaban J connectivity index is 1.82. The van der Waals surface area contributed by atoms with Crippen LogP contribution in [0.3, 0.4) is 0 Å². The summed E-state index contributed by atoms with van der Waals surface area (Å²) in [6.45, 7) is 10.8. The van der Waals surface area contributed by atoms with E-state index in [1.54, 1.807) is 0 Å². The van der Waals surface area contributed by atoms with Crippen molar-refractivity contribution in [3.05, 3.63) is 47.9 Å². The lowest BCUT2D eigenvalue weighted by Crippen LogP contribution is -2.41. The van der Waals surface area contributed by atoms with Crippen LogP contribution in [0.2, 0.25) is 18.1 Å². The molecule has 190 valence electrons. The van der Waals surface area contributed by atoms with Crippen LogP contribution in [0.1, 0.15) is 37.6 Å². The summed E-state index contributed by atoms with van der Waals surface area (Å²) in [5, 5.41) is 24.4. The third kappa shape index (κ3) is 6.00. The summed E-state index contributed by atoms with van der Waals surface area (Å²) in [6, 6.07) is 6.26. The van der Waals surface area contributed by atoms with E-state index in [0.29, 0.717) is 12.2 Å². The Hall–Kier alpha value is -2.96. The SMILES string of the molecule is CC(C)(C)[Si](C)(C)OCCCS(=O)(=O)Nc1cn2nc(-c3ccc(F)cc3)c(C(=O)O)c2cc1O. The van der Waals surface area contributed by atoms with Crippen LogP contribution in [0.25, 0.3) is 16.8 Å². The lowest BCUT2D eigenvalue weighted by atomic mass is 10.1. The Morgan fingerprint density at radius 2 is 1.86 bits per heavy atom. The fraction of sp³-hybridized carbons (Fsp3) is 0.391. The number of hydrogen-bond acceptors (Lipinski definition) is 6. The minimum Gasteiger partial charge on any atom is -0.506 e. The number of fused-ring (bicyclic) bond motifs is 1. The smallest absolute Gasteiger partial charge is 0.340 e. The molecular formula is C23H30FN3O6SSi. The second kappa shape index (κ2) is 9.59. The molecule has 0 aliphatic rings. The van der Waals surface area contributed by atoms with E-state index in [1.807, 2.05) is 0 Å². The normalized spacial score (nSPS) is 12.7. The van der Waals surface area contributed by atoms with E-state index in [4.69, 9.17) is 4.43 Å². The van der Waals surface area contributed by atoms with E-state index >= 15 is 0 Å².